The molecule has 1 saturated carbocycles. The van der Waals surface area contributed by atoms with Crippen LogP contribution in [0.15, 0.2) is 60.7 Å². The van der Waals surface area contributed by atoms with E-state index in [1.807, 2.05) is 56.9 Å². The Labute approximate surface area is 371 Å². The minimum absolute atomic E-state index is 0. The van der Waals surface area contributed by atoms with E-state index in [2.05, 4.69) is 92.1 Å². The zero-order valence-corrected chi connectivity index (χ0v) is 41.3. The van der Waals surface area contributed by atoms with Crippen LogP contribution in [0.2, 0.25) is 0 Å². The number of rotatable bonds is 6. The number of fused-ring (bicyclic) bond motifs is 1. The molecule has 5 rings (SSSR count). The van der Waals surface area contributed by atoms with Crippen LogP contribution in [0.5, 0.6) is 0 Å². The third-order valence-electron chi connectivity index (χ3n) is 6.90. The van der Waals surface area contributed by atoms with Crippen molar-refractivity contribution in [3.8, 4) is 0 Å². The first-order valence-electron chi connectivity index (χ1n) is 16.2. The van der Waals surface area contributed by atoms with E-state index in [1.54, 1.807) is 36.4 Å². The van der Waals surface area contributed by atoms with E-state index in [0.717, 1.165) is 10.4 Å². The van der Waals surface area contributed by atoms with Crippen LogP contribution < -0.4 is 5.73 Å². The van der Waals surface area contributed by atoms with E-state index in [-0.39, 0.29) is 60.0 Å². The number of thiophene rings is 1. The first-order valence-corrected chi connectivity index (χ1v) is 32.7. The maximum atomic E-state index is 12.6. The molecule has 3 aromatic rings. The number of carbonyl (C=O) groups excluding carboxylic acids is 5. The minimum atomic E-state index is -0.278. The molecule has 0 spiro atoms. The van der Waals surface area contributed by atoms with E-state index in [4.69, 9.17) is 17.0 Å². The standard InChI is InChI=1S/C16H15NO3S.C9H7NO.C7H10O3.2C2H6.CH3I.CH4.3HI.V/c1-20-16(19)10-7-11-12(8-10)21-15(17)13(11)14(18)9-5-3-2-4-6-9;1-10-7-9(11)8-5-3-2-4-6-8;1-10-7(9)5-2-3-6(8)4-5;3*1-2;;;;;/h2-6,10H,7-8,17H2,1H3;2-6H,7H2;5H,2-4H2,1H3;2*1-2H3;1H3;1H4;3*1H;/q;;;;;;;;;;+3/p-3. The average Bonchev–Trinajstić information content (AvgIpc) is 3.88. The fraction of sp³-hybridized carbons (Fsp3) is 0.421. The van der Waals surface area contributed by atoms with Crippen LogP contribution in [-0.4, -0.2) is 55.0 Å². The number of esters is 2. The molecule has 0 aliphatic heterocycles. The Kier molecular flexibility index (Phi) is 36.2. The van der Waals surface area contributed by atoms with Gasteiger partial charge in [0.25, 0.3) is 6.54 Å². The number of benzene rings is 2. The van der Waals surface area contributed by atoms with E-state index < -0.39 is 0 Å². The van der Waals surface area contributed by atoms with Crippen molar-refractivity contribution in [2.75, 3.05) is 31.4 Å². The van der Waals surface area contributed by atoms with Gasteiger partial charge in [0.1, 0.15) is 5.78 Å². The SMILES string of the molecule is C.CC.CC.CI.COC(=O)C1CCC(=O)C1.COC(=O)C1Cc2sc(N)c(C(=O)c3ccccc3)c2C1.[C-]#[N+]CC(=O)c1ccccc1.[I][V]([I])[I]. The molecule has 2 N–H and O–H groups in total. The van der Waals surface area contributed by atoms with Crippen molar-refractivity contribution < 1.29 is 38.4 Å². The van der Waals surface area contributed by atoms with E-state index in [9.17, 15) is 24.0 Å². The molecule has 0 radical (unpaired) electrons. The van der Waals surface area contributed by atoms with Crippen LogP contribution in [0.3, 0.4) is 0 Å². The number of nitrogen functional groups attached to an aromatic ring is 1. The quantitative estimate of drug-likeness (QED) is 0.0848. The van der Waals surface area contributed by atoms with Gasteiger partial charge < -0.3 is 20.1 Å². The summed E-state index contributed by atoms with van der Waals surface area (Å²) in [7, 11) is 2.74. The fourth-order valence-electron chi connectivity index (χ4n) is 4.74. The van der Waals surface area contributed by atoms with Gasteiger partial charge in [-0.25, -0.2) is 6.57 Å². The summed E-state index contributed by atoms with van der Waals surface area (Å²) in [5.41, 5.74) is 8.74. The van der Waals surface area contributed by atoms with Gasteiger partial charge in [-0.1, -0.05) is 118 Å². The number of nitrogens with two attached hydrogens (primary N) is 1. The third kappa shape index (κ3) is 21.7. The van der Waals surface area contributed by atoms with Gasteiger partial charge in [-0.2, -0.15) is 0 Å². The average molecular weight is 1240 g/mol. The Morgan fingerprint density at radius 3 is 1.70 bits per heavy atom. The van der Waals surface area contributed by atoms with Gasteiger partial charge in [0.15, 0.2) is 5.78 Å². The second-order valence-electron chi connectivity index (χ2n) is 9.87. The van der Waals surface area contributed by atoms with Crippen molar-refractivity contribution >= 4 is 128 Å². The normalized spacial score (nSPS) is 14.1. The molecule has 0 amide bonds. The Morgan fingerprint density at radius 2 is 1.28 bits per heavy atom. The number of methoxy groups -OCH3 is 2. The zero-order chi connectivity index (χ0) is 40.2. The van der Waals surface area contributed by atoms with Crippen LogP contribution >= 0.6 is 93.9 Å². The Morgan fingerprint density at radius 1 is 0.830 bits per heavy atom. The van der Waals surface area contributed by atoms with Crippen LogP contribution in [0, 0.1) is 18.4 Å². The van der Waals surface area contributed by atoms with Crippen LogP contribution in [-0.2, 0) is 41.6 Å². The molecule has 1 aromatic heterocycles. The summed E-state index contributed by atoms with van der Waals surface area (Å²) in [6.45, 7) is 14.4. The second kappa shape index (κ2) is 34.2. The van der Waals surface area contributed by atoms with Crippen molar-refractivity contribution in [1.82, 2.24) is 0 Å². The molecule has 15 heteroatoms. The van der Waals surface area contributed by atoms with Crippen LogP contribution in [0.4, 0.5) is 5.00 Å². The van der Waals surface area contributed by atoms with Crippen molar-refractivity contribution in [3.63, 3.8) is 0 Å². The van der Waals surface area contributed by atoms with Gasteiger partial charge in [-0.05, 0) is 29.8 Å². The monoisotopic (exact) mass is 1240 g/mol. The number of alkyl halides is 1. The van der Waals surface area contributed by atoms with Gasteiger partial charge in [0, 0.05) is 28.8 Å². The summed E-state index contributed by atoms with van der Waals surface area (Å²) >= 11 is 10.9. The summed E-state index contributed by atoms with van der Waals surface area (Å²) in [6, 6.07) is 17.9. The third-order valence-corrected chi connectivity index (χ3v) is 7.98. The van der Waals surface area contributed by atoms with Gasteiger partial charge >= 0.3 is 76.8 Å². The topological polar surface area (TPSA) is 134 Å². The molecule has 2 atom stereocenters. The number of hydrogen-bond acceptors (Lipinski definition) is 9. The second-order valence-corrected chi connectivity index (χ2v) is 46.4. The summed E-state index contributed by atoms with van der Waals surface area (Å²) < 4.78 is 9.29. The molecule has 0 saturated heterocycles. The molecule has 2 aromatic carbocycles. The summed E-state index contributed by atoms with van der Waals surface area (Å²) in [5.74, 6) is -0.829. The molecule has 294 valence electrons. The van der Waals surface area contributed by atoms with Crippen molar-refractivity contribution in [3.05, 3.63) is 99.2 Å². The van der Waals surface area contributed by atoms with Gasteiger partial charge in [0.2, 0.25) is 5.78 Å². The van der Waals surface area contributed by atoms with Crippen molar-refractivity contribution in [1.29, 1.82) is 0 Å². The number of anilines is 1. The number of hydrogen-bond donors (Lipinski definition) is 1. The Balaban J connectivity index is -0.000000667. The molecule has 2 aliphatic rings. The fourth-order valence-corrected chi connectivity index (χ4v) is 5.92. The number of ketones is 3. The van der Waals surface area contributed by atoms with Crippen LogP contribution in [0.25, 0.3) is 4.85 Å². The number of Topliss-reactive ketones (excluding diaryl/α,β-unsaturated/α-hetero) is 2. The van der Waals surface area contributed by atoms with E-state index in [0.29, 0.717) is 53.8 Å². The molecular weight excluding hydrogens is 1190 g/mol. The van der Waals surface area contributed by atoms with Crippen LogP contribution in [0.1, 0.15) is 91.1 Å². The Bertz CT molecular complexity index is 1550. The van der Waals surface area contributed by atoms with E-state index >= 15 is 0 Å². The predicted octanol–water partition coefficient (Wildman–Crippen LogP) is 11.2. The maximum absolute atomic E-state index is 12.6. The van der Waals surface area contributed by atoms with Gasteiger partial charge in [-0.3, -0.25) is 24.0 Å². The Hall–Kier alpha value is -1.12. The molecule has 9 nitrogen and oxygen atoms in total. The molecule has 2 unspecified atom stereocenters. The summed E-state index contributed by atoms with van der Waals surface area (Å²) in [6.07, 6.45) is 2.74. The number of ether oxygens (including phenoxy) is 2. The first-order chi connectivity index (χ1) is 24.9. The first kappa shape index (κ1) is 56.2. The molecule has 1 heterocycles. The van der Waals surface area contributed by atoms with Crippen molar-refractivity contribution in [2.24, 2.45) is 11.8 Å². The summed E-state index contributed by atoms with van der Waals surface area (Å²) in [4.78, 5) is 62.5. The van der Waals surface area contributed by atoms with Gasteiger partial charge in [-0.15, -0.1) is 11.3 Å². The molecule has 0 bridgehead atoms. The van der Waals surface area contributed by atoms with E-state index in [1.165, 1.54) is 25.6 Å². The molecule has 53 heavy (non-hydrogen) atoms. The predicted molar refractivity (Wildman–Crippen MR) is 250 cm³/mol. The zero-order valence-electron chi connectivity index (χ0n) is 30.4. The number of nitrogens with zero attached hydrogens (tertiary/aromatic N) is 1. The number of halogens is 4. The molecule has 2 aliphatic carbocycles. The summed E-state index contributed by atoms with van der Waals surface area (Å²) in [5, 5.41) is 0.539. The molecular formula is C38H51I4N2O7SV. The molecule has 1 fully saturated rings. The number of carbonyl (C=O) groups is 5. The van der Waals surface area contributed by atoms with Crippen molar-refractivity contribution in [2.45, 2.75) is 67.2 Å². The van der Waals surface area contributed by atoms with Gasteiger partial charge in [0.05, 0.1) is 36.6 Å².